The van der Waals surface area contributed by atoms with Crippen LogP contribution in [0.1, 0.15) is 0 Å². The van der Waals surface area contributed by atoms with E-state index in [1.165, 1.54) is 5.39 Å². The van der Waals surface area contributed by atoms with E-state index in [0.29, 0.717) is 0 Å². The molecule has 85 valence electrons. The third kappa shape index (κ3) is 1.27. The first-order valence-corrected chi connectivity index (χ1v) is 5.83. The lowest BCUT2D eigenvalue weighted by atomic mass is 10.1. The Bertz CT molecular complexity index is 806. The molecular formula is C15H10N3. The van der Waals surface area contributed by atoms with Crippen LogP contribution >= 0.6 is 0 Å². The molecular weight excluding hydrogens is 222 g/mol. The lowest BCUT2D eigenvalue weighted by molar-refractivity contribution is 1.33. The Kier molecular flexibility index (Phi) is 1.83. The lowest BCUT2D eigenvalue weighted by Gasteiger charge is -1.94. The van der Waals surface area contributed by atoms with Crippen LogP contribution in [-0.4, -0.2) is 15.0 Å². The average Bonchev–Trinajstić information content (AvgIpc) is 3.02. The maximum Gasteiger partial charge on any atom is 0.137 e. The van der Waals surface area contributed by atoms with E-state index in [9.17, 15) is 0 Å². The first kappa shape index (κ1) is 9.48. The Hall–Kier alpha value is -2.55. The molecule has 3 heteroatoms. The first-order chi connectivity index (χ1) is 8.92. The Morgan fingerprint density at radius 3 is 3.17 bits per heavy atom. The minimum Gasteiger partial charge on any atom is -0.354 e. The van der Waals surface area contributed by atoms with Crippen LogP contribution in [0, 0.1) is 6.07 Å². The summed E-state index contributed by atoms with van der Waals surface area (Å²) in [6.45, 7) is 0. The van der Waals surface area contributed by atoms with Crippen molar-refractivity contribution in [2.24, 2.45) is 0 Å². The van der Waals surface area contributed by atoms with Crippen molar-refractivity contribution < 1.29 is 0 Å². The molecule has 0 aliphatic heterocycles. The van der Waals surface area contributed by atoms with Gasteiger partial charge in [-0.1, -0.05) is 12.1 Å². The van der Waals surface area contributed by atoms with Gasteiger partial charge in [-0.2, -0.15) is 0 Å². The molecule has 0 aliphatic carbocycles. The van der Waals surface area contributed by atoms with Crippen LogP contribution in [0.4, 0.5) is 0 Å². The van der Waals surface area contributed by atoms with Crippen molar-refractivity contribution in [1.29, 1.82) is 0 Å². The van der Waals surface area contributed by atoms with E-state index in [2.05, 4.69) is 39.2 Å². The summed E-state index contributed by atoms with van der Waals surface area (Å²) in [6, 6.07) is 15.2. The van der Waals surface area contributed by atoms with Crippen molar-refractivity contribution in [1.82, 2.24) is 15.0 Å². The predicted molar refractivity (Wildman–Crippen MR) is 72.2 cm³/mol. The van der Waals surface area contributed by atoms with Gasteiger partial charge in [0.05, 0.1) is 0 Å². The highest BCUT2D eigenvalue weighted by atomic mass is 14.8. The number of hydrogen-bond acceptors (Lipinski definition) is 1. The zero-order valence-corrected chi connectivity index (χ0v) is 9.57. The summed E-state index contributed by atoms with van der Waals surface area (Å²) in [5, 5.41) is 2.33. The molecule has 3 heterocycles. The zero-order chi connectivity index (χ0) is 11.9. The number of fused-ring (bicyclic) bond motifs is 2. The standard InChI is InChI=1S/C15H10N3/c1-2-6-13-10(4-1)8-14(18-13)12-9-17-15-11(12)5-3-7-16-15/h1,3-9,18H,(H,16,17). The number of benzene rings is 1. The van der Waals surface area contributed by atoms with Crippen molar-refractivity contribution >= 4 is 21.9 Å². The van der Waals surface area contributed by atoms with Gasteiger partial charge in [0.25, 0.3) is 0 Å². The normalized spacial score (nSPS) is 11.3. The van der Waals surface area contributed by atoms with Crippen molar-refractivity contribution in [2.75, 3.05) is 0 Å². The number of nitrogens with zero attached hydrogens (tertiary/aromatic N) is 1. The summed E-state index contributed by atoms with van der Waals surface area (Å²) in [5.74, 6) is 0. The van der Waals surface area contributed by atoms with Gasteiger partial charge < -0.3 is 9.97 Å². The Balaban J connectivity index is 2.01. The molecule has 0 saturated heterocycles. The van der Waals surface area contributed by atoms with Crippen molar-refractivity contribution in [3.63, 3.8) is 0 Å². The largest absolute Gasteiger partial charge is 0.354 e. The maximum atomic E-state index is 4.31. The molecule has 18 heavy (non-hydrogen) atoms. The number of H-pyrrole nitrogens is 2. The van der Waals surface area contributed by atoms with Gasteiger partial charge in [-0.3, -0.25) is 0 Å². The van der Waals surface area contributed by atoms with Crippen molar-refractivity contribution in [2.45, 2.75) is 0 Å². The fraction of sp³-hybridized carbons (Fsp3) is 0. The van der Waals surface area contributed by atoms with Gasteiger partial charge in [-0.15, -0.1) is 0 Å². The second-order valence-electron chi connectivity index (χ2n) is 4.30. The molecule has 4 aromatic rings. The number of aromatic amines is 2. The van der Waals surface area contributed by atoms with Crippen LogP contribution in [0.15, 0.2) is 48.8 Å². The van der Waals surface area contributed by atoms with E-state index in [1.54, 1.807) is 6.20 Å². The fourth-order valence-corrected chi connectivity index (χ4v) is 2.34. The highest BCUT2D eigenvalue weighted by Crippen LogP contribution is 2.29. The van der Waals surface area contributed by atoms with Gasteiger partial charge in [0.2, 0.25) is 0 Å². The van der Waals surface area contributed by atoms with E-state index >= 15 is 0 Å². The van der Waals surface area contributed by atoms with E-state index < -0.39 is 0 Å². The minimum absolute atomic E-state index is 0.915. The maximum absolute atomic E-state index is 4.31. The number of nitrogens with one attached hydrogen (secondary N) is 2. The van der Waals surface area contributed by atoms with Crippen LogP contribution in [0.2, 0.25) is 0 Å². The molecule has 1 aromatic carbocycles. The van der Waals surface area contributed by atoms with E-state index in [1.807, 2.05) is 24.4 Å². The Morgan fingerprint density at radius 1 is 1.22 bits per heavy atom. The highest BCUT2D eigenvalue weighted by Gasteiger charge is 2.08. The average molecular weight is 232 g/mol. The van der Waals surface area contributed by atoms with Gasteiger partial charge >= 0.3 is 0 Å². The van der Waals surface area contributed by atoms with Crippen molar-refractivity contribution in [3.8, 4) is 11.3 Å². The second kappa shape index (κ2) is 3.47. The molecule has 3 nitrogen and oxygen atoms in total. The molecule has 0 amide bonds. The van der Waals surface area contributed by atoms with Crippen LogP contribution < -0.4 is 0 Å². The van der Waals surface area contributed by atoms with Gasteiger partial charge in [0.15, 0.2) is 0 Å². The Labute approximate surface area is 103 Å². The molecule has 0 atom stereocenters. The Morgan fingerprint density at radius 2 is 2.22 bits per heavy atom. The van der Waals surface area contributed by atoms with E-state index in [-0.39, 0.29) is 0 Å². The number of rotatable bonds is 1. The van der Waals surface area contributed by atoms with Crippen molar-refractivity contribution in [3.05, 3.63) is 54.9 Å². The molecule has 0 unspecified atom stereocenters. The SMILES string of the molecule is [c]1ccc2cc(-c3c[nH]c4ncccc34)[nH]c2c1. The van der Waals surface area contributed by atoms with Crippen LogP contribution in [0.3, 0.4) is 0 Å². The summed E-state index contributed by atoms with van der Waals surface area (Å²) in [6.07, 6.45) is 3.79. The highest BCUT2D eigenvalue weighted by molar-refractivity contribution is 5.96. The van der Waals surface area contributed by atoms with Crippen LogP contribution in [0.5, 0.6) is 0 Å². The van der Waals surface area contributed by atoms with Gasteiger partial charge in [0, 0.05) is 39.9 Å². The third-order valence-electron chi connectivity index (χ3n) is 3.21. The van der Waals surface area contributed by atoms with Gasteiger partial charge in [-0.05, 0) is 30.3 Å². The predicted octanol–water partition coefficient (Wildman–Crippen LogP) is 3.51. The number of pyridine rings is 1. The monoisotopic (exact) mass is 232 g/mol. The van der Waals surface area contributed by atoms with E-state index in [4.69, 9.17) is 0 Å². The molecule has 2 N–H and O–H groups in total. The molecule has 3 aromatic heterocycles. The molecule has 1 radical (unpaired) electrons. The summed E-state index contributed by atoms with van der Waals surface area (Å²) in [4.78, 5) is 10.9. The summed E-state index contributed by atoms with van der Waals surface area (Å²) >= 11 is 0. The first-order valence-electron chi connectivity index (χ1n) is 5.83. The number of aromatic nitrogens is 3. The summed E-state index contributed by atoms with van der Waals surface area (Å²) in [5.41, 5.74) is 4.27. The van der Waals surface area contributed by atoms with Crippen LogP contribution in [-0.2, 0) is 0 Å². The van der Waals surface area contributed by atoms with E-state index in [0.717, 1.165) is 27.8 Å². The molecule has 4 rings (SSSR count). The van der Waals surface area contributed by atoms with Gasteiger partial charge in [0.1, 0.15) is 5.65 Å². The summed E-state index contributed by atoms with van der Waals surface area (Å²) < 4.78 is 0. The fourth-order valence-electron chi connectivity index (χ4n) is 2.34. The topological polar surface area (TPSA) is 44.5 Å². The molecule has 0 bridgehead atoms. The molecule has 0 saturated carbocycles. The smallest absolute Gasteiger partial charge is 0.137 e. The summed E-state index contributed by atoms with van der Waals surface area (Å²) in [7, 11) is 0. The van der Waals surface area contributed by atoms with Crippen LogP contribution in [0.25, 0.3) is 33.2 Å². The quantitative estimate of drug-likeness (QED) is 0.518. The molecule has 0 fully saturated rings. The minimum atomic E-state index is 0.915. The second-order valence-corrected chi connectivity index (χ2v) is 4.30. The molecule has 0 aliphatic rings. The molecule has 0 spiro atoms. The lowest BCUT2D eigenvalue weighted by Crippen LogP contribution is -1.75. The number of hydrogen-bond donors (Lipinski definition) is 2. The zero-order valence-electron chi connectivity index (χ0n) is 9.57. The van der Waals surface area contributed by atoms with Gasteiger partial charge in [-0.25, -0.2) is 4.98 Å². The third-order valence-corrected chi connectivity index (χ3v) is 3.21.